The number of aliphatic hydroxyl groups excluding tert-OH is 1. The van der Waals surface area contributed by atoms with E-state index in [2.05, 4.69) is 29.6 Å². The molecular weight excluding hydrogens is 490 g/mol. The number of ether oxygens (including phenoxy) is 3. The highest BCUT2D eigenvalue weighted by atomic mass is 16.7. The van der Waals surface area contributed by atoms with Gasteiger partial charge in [-0.2, -0.15) is 0 Å². The Morgan fingerprint density at radius 1 is 0.821 bits per heavy atom. The highest BCUT2D eigenvalue weighted by molar-refractivity contribution is 6.00. The van der Waals surface area contributed by atoms with Crippen LogP contribution in [0, 0.1) is 5.92 Å². The number of phenols is 1. The van der Waals surface area contributed by atoms with Crippen LogP contribution in [-0.2, 0) is 0 Å². The van der Waals surface area contributed by atoms with Crippen LogP contribution in [0.4, 0.5) is 0 Å². The van der Waals surface area contributed by atoms with Crippen LogP contribution in [0.2, 0.25) is 0 Å². The minimum Gasteiger partial charge on any atom is -0.508 e. The third-order valence-electron chi connectivity index (χ3n) is 7.93. The minimum absolute atomic E-state index is 0.245. The number of hydrogen-bond donors (Lipinski definition) is 3. The monoisotopic (exact) mass is 527 g/mol. The van der Waals surface area contributed by atoms with Gasteiger partial charge in [0.15, 0.2) is 11.5 Å². The van der Waals surface area contributed by atoms with Crippen molar-refractivity contribution in [3.63, 3.8) is 0 Å². The van der Waals surface area contributed by atoms with Gasteiger partial charge in [-0.05, 0) is 95.8 Å². The summed E-state index contributed by atoms with van der Waals surface area (Å²) >= 11 is 0. The lowest BCUT2D eigenvalue weighted by Gasteiger charge is -2.24. The van der Waals surface area contributed by atoms with Crippen molar-refractivity contribution in [1.29, 1.82) is 0 Å². The topological polar surface area (TPSA) is 80.2 Å². The van der Waals surface area contributed by atoms with Crippen molar-refractivity contribution >= 4 is 11.1 Å². The van der Waals surface area contributed by atoms with Crippen LogP contribution in [-0.4, -0.2) is 42.3 Å². The van der Waals surface area contributed by atoms with Gasteiger partial charge in [-0.1, -0.05) is 49.6 Å². The van der Waals surface area contributed by atoms with Crippen LogP contribution in [0.1, 0.15) is 61.6 Å². The van der Waals surface area contributed by atoms with Crippen molar-refractivity contribution in [2.45, 2.75) is 57.1 Å². The first-order chi connectivity index (χ1) is 19.1. The first-order valence-electron chi connectivity index (χ1n) is 14.2. The van der Waals surface area contributed by atoms with Gasteiger partial charge < -0.3 is 29.7 Å². The minimum atomic E-state index is -0.550. The van der Waals surface area contributed by atoms with Crippen LogP contribution in [0.5, 0.6) is 23.0 Å². The number of allylic oxidation sites excluding steroid dienone is 1. The number of phenolic OH excluding ortho intramolecular Hbond substituents is 1. The Labute approximate surface area is 230 Å². The summed E-state index contributed by atoms with van der Waals surface area (Å²) in [5, 5.41) is 23.9. The van der Waals surface area contributed by atoms with Crippen molar-refractivity contribution < 1.29 is 24.4 Å². The Morgan fingerprint density at radius 2 is 1.49 bits per heavy atom. The summed E-state index contributed by atoms with van der Waals surface area (Å²) in [6, 6.07) is 22.2. The van der Waals surface area contributed by atoms with Crippen LogP contribution in [0.3, 0.4) is 0 Å². The second-order valence-electron chi connectivity index (χ2n) is 10.9. The summed E-state index contributed by atoms with van der Waals surface area (Å²) in [6.07, 6.45) is 7.98. The molecule has 204 valence electrons. The van der Waals surface area contributed by atoms with Gasteiger partial charge in [0.05, 0.1) is 0 Å². The van der Waals surface area contributed by atoms with E-state index in [1.807, 2.05) is 30.3 Å². The van der Waals surface area contributed by atoms with E-state index < -0.39 is 6.10 Å². The average molecular weight is 528 g/mol. The predicted molar refractivity (Wildman–Crippen MR) is 152 cm³/mol. The summed E-state index contributed by atoms with van der Waals surface area (Å²) in [6.45, 7) is 1.06. The molecule has 3 aliphatic rings. The fourth-order valence-corrected chi connectivity index (χ4v) is 5.70. The highest BCUT2D eigenvalue weighted by Crippen LogP contribution is 2.49. The van der Waals surface area contributed by atoms with E-state index in [4.69, 9.17) is 14.2 Å². The molecule has 6 heteroatoms. The normalized spacial score (nSPS) is 18.5. The molecule has 0 radical (unpaired) electrons. The fraction of sp³-hybridized carbons (Fsp3) is 0.394. The van der Waals surface area contributed by atoms with Gasteiger partial charge >= 0.3 is 0 Å². The molecule has 39 heavy (non-hydrogen) atoms. The Morgan fingerprint density at radius 3 is 2.21 bits per heavy atom. The Bertz CT molecular complexity index is 1290. The quantitative estimate of drug-likeness (QED) is 0.274. The molecule has 1 heterocycles. The number of fused-ring (bicyclic) bond motifs is 1. The number of nitrogens with one attached hydrogen (secondary N) is 1. The van der Waals surface area contributed by atoms with E-state index in [-0.39, 0.29) is 19.1 Å². The zero-order chi connectivity index (χ0) is 26.6. The molecule has 6 rings (SSSR count). The highest BCUT2D eigenvalue weighted by Gasteiger charge is 2.31. The molecule has 0 aromatic heterocycles. The molecule has 0 saturated heterocycles. The molecular formula is C33H37NO5. The predicted octanol–water partition coefficient (Wildman–Crippen LogP) is 6.15. The van der Waals surface area contributed by atoms with E-state index in [0.29, 0.717) is 18.5 Å². The van der Waals surface area contributed by atoms with Crippen LogP contribution < -0.4 is 19.5 Å². The van der Waals surface area contributed by atoms with Gasteiger partial charge in [-0.3, -0.25) is 0 Å². The van der Waals surface area contributed by atoms with Gasteiger partial charge in [0, 0.05) is 12.6 Å². The molecule has 0 bridgehead atoms. The van der Waals surface area contributed by atoms with E-state index in [9.17, 15) is 10.2 Å². The third-order valence-corrected chi connectivity index (χ3v) is 7.93. The van der Waals surface area contributed by atoms with Gasteiger partial charge in [-0.15, -0.1) is 0 Å². The maximum absolute atomic E-state index is 10.5. The van der Waals surface area contributed by atoms with Crippen LogP contribution in [0.25, 0.3) is 11.1 Å². The Kier molecular flexibility index (Phi) is 7.75. The van der Waals surface area contributed by atoms with Crippen LogP contribution >= 0.6 is 0 Å². The molecule has 3 N–H and O–H groups in total. The molecule has 3 aromatic carbocycles. The fourth-order valence-electron chi connectivity index (χ4n) is 5.70. The number of aliphatic hydroxyl groups is 1. The first-order valence-corrected chi connectivity index (χ1v) is 14.2. The Hall–Kier alpha value is -3.48. The Balaban J connectivity index is 1.24. The van der Waals surface area contributed by atoms with Crippen LogP contribution in [0.15, 0.2) is 66.7 Å². The lowest BCUT2D eigenvalue weighted by molar-refractivity contribution is 0.102. The first kappa shape index (κ1) is 25.8. The van der Waals surface area contributed by atoms with Crippen molar-refractivity contribution in [3.8, 4) is 23.0 Å². The second-order valence-corrected chi connectivity index (χ2v) is 10.9. The van der Waals surface area contributed by atoms with E-state index in [1.165, 1.54) is 37.7 Å². The lowest BCUT2D eigenvalue weighted by Crippen LogP contribution is -2.38. The summed E-state index contributed by atoms with van der Waals surface area (Å²) in [5.41, 5.74) is 5.66. The number of aromatic hydroxyl groups is 1. The zero-order valence-electron chi connectivity index (χ0n) is 22.3. The average Bonchev–Trinajstić information content (AvgIpc) is 3.70. The molecule has 2 fully saturated rings. The SMILES string of the molecule is Oc1ccc(/C(=C(\c2ccc3c(c2)OCO3)C2CC2)c2ccc(OCC(O)CNC3CCCCC3)cc2)cc1. The van der Waals surface area contributed by atoms with Gasteiger partial charge in [0.1, 0.15) is 24.2 Å². The van der Waals surface area contributed by atoms with Gasteiger partial charge in [0.2, 0.25) is 6.79 Å². The van der Waals surface area contributed by atoms with Crippen molar-refractivity contribution in [1.82, 2.24) is 5.32 Å². The summed E-state index contributed by atoms with van der Waals surface area (Å²) in [4.78, 5) is 0. The molecule has 2 saturated carbocycles. The largest absolute Gasteiger partial charge is 0.508 e. The summed E-state index contributed by atoms with van der Waals surface area (Å²) in [5.74, 6) is 2.98. The number of rotatable bonds is 10. The molecule has 1 aliphatic heterocycles. The maximum Gasteiger partial charge on any atom is 0.231 e. The van der Waals surface area contributed by atoms with Crippen molar-refractivity contribution in [3.05, 3.63) is 83.4 Å². The third kappa shape index (κ3) is 6.23. The zero-order valence-corrected chi connectivity index (χ0v) is 22.3. The molecule has 1 atom stereocenters. The van der Waals surface area contributed by atoms with E-state index >= 15 is 0 Å². The summed E-state index contributed by atoms with van der Waals surface area (Å²) in [7, 11) is 0. The number of hydrogen-bond acceptors (Lipinski definition) is 6. The molecule has 6 nitrogen and oxygen atoms in total. The maximum atomic E-state index is 10.5. The van der Waals surface area contributed by atoms with Crippen molar-refractivity contribution in [2.75, 3.05) is 19.9 Å². The molecule has 0 amide bonds. The van der Waals surface area contributed by atoms with E-state index in [0.717, 1.165) is 52.4 Å². The molecule has 1 unspecified atom stereocenters. The van der Waals surface area contributed by atoms with Gasteiger partial charge in [-0.25, -0.2) is 0 Å². The smallest absolute Gasteiger partial charge is 0.231 e. The van der Waals surface area contributed by atoms with E-state index in [1.54, 1.807) is 12.1 Å². The standard InChI is InChI=1S/C33H37NO5/c35-27-13-8-23(9-14-27)32(33(22-6-7-22)25-12-17-30-31(18-25)39-21-38-30)24-10-15-29(16-11-24)37-20-28(36)19-34-26-4-2-1-3-5-26/h8-18,22,26,28,34-36H,1-7,19-21H2/b33-32+. The molecule has 0 spiro atoms. The second kappa shape index (κ2) is 11.7. The van der Waals surface area contributed by atoms with Gasteiger partial charge in [0.25, 0.3) is 0 Å². The lowest BCUT2D eigenvalue weighted by atomic mass is 9.87. The summed E-state index contributed by atoms with van der Waals surface area (Å²) < 4.78 is 17.2. The molecule has 2 aliphatic carbocycles. The number of benzene rings is 3. The molecule has 3 aromatic rings. The van der Waals surface area contributed by atoms with Crippen molar-refractivity contribution in [2.24, 2.45) is 5.92 Å².